The standard InChI is InChI=1S/C33H28O4/c34-17-19-36-27-13-9-25(10-14-27)33(26-11-15-28(16-12-26)37-20-18-35)31-8-4-3-7-29(31)30-21-23-5-1-2-6-24(23)22-32(30)33/h1-16,21-22,34-35H,17-20H2. The van der Waals surface area contributed by atoms with Crippen molar-refractivity contribution in [3.8, 4) is 22.6 Å². The number of aliphatic hydroxyl groups excluding tert-OH is 2. The first-order valence-electron chi connectivity index (χ1n) is 12.6. The summed E-state index contributed by atoms with van der Waals surface area (Å²) in [5, 5.41) is 20.8. The van der Waals surface area contributed by atoms with E-state index in [2.05, 4.69) is 84.9 Å². The molecule has 184 valence electrons. The molecular formula is C33H28O4. The van der Waals surface area contributed by atoms with Crippen molar-refractivity contribution >= 4 is 10.8 Å². The number of rotatable bonds is 8. The molecule has 0 unspecified atom stereocenters. The van der Waals surface area contributed by atoms with E-state index in [1.807, 2.05) is 24.3 Å². The largest absolute Gasteiger partial charge is 0.491 e. The number of benzene rings is 5. The summed E-state index contributed by atoms with van der Waals surface area (Å²) < 4.78 is 11.3. The zero-order valence-electron chi connectivity index (χ0n) is 20.4. The van der Waals surface area contributed by atoms with Crippen molar-refractivity contribution in [2.75, 3.05) is 26.4 Å². The quantitative estimate of drug-likeness (QED) is 0.278. The maximum atomic E-state index is 9.18. The van der Waals surface area contributed by atoms with Crippen LogP contribution < -0.4 is 9.47 Å². The van der Waals surface area contributed by atoms with Crippen molar-refractivity contribution in [1.29, 1.82) is 0 Å². The Morgan fingerprint density at radius 3 is 1.59 bits per heavy atom. The Labute approximate surface area is 216 Å². The highest BCUT2D eigenvalue weighted by molar-refractivity contribution is 5.95. The van der Waals surface area contributed by atoms with E-state index in [-0.39, 0.29) is 26.4 Å². The minimum atomic E-state index is -0.541. The summed E-state index contributed by atoms with van der Waals surface area (Å²) in [6, 6.07) is 38.2. The normalized spacial score (nSPS) is 13.2. The molecule has 5 aromatic carbocycles. The first-order chi connectivity index (χ1) is 18.3. The van der Waals surface area contributed by atoms with E-state index < -0.39 is 5.41 Å². The van der Waals surface area contributed by atoms with E-state index in [4.69, 9.17) is 9.47 Å². The second kappa shape index (κ2) is 9.74. The summed E-state index contributed by atoms with van der Waals surface area (Å²) in [7, 11) is 0. The molecule has 4 nitrogen and oxygen atoms in total. The Balaban J connectivity index is 1.63. The first kappa shape index (κ1) is 23.3. The molecule has 1 aliphatic rings. The number of hydrogen-bond donors (Lipinski definition) is 2. The number of aliphatic hydroxyl groups is 2. The lowest BCUT2D eigenvalue weighted by atomic mass is 9.67. The highest BCUT2D eigenvalue weighted by atomic mass is 16.5. The van der Waals surface area contributed by atoms with Gasteiger partial charge in [-0.3, -0.25) is 0 Å². The molecule has 1 aliphatic carbocycles. The van der Waals surface area contributed by atoms with Crippen LogP contribution in [0.5, 0.6) is 11.5 Å². The van der Waals surface area contributed by atoms with Crippen LogP contribution >= 0.6 is 0 Å². The average Bonchev–Trinajstić information content (AvgIpc) is 3.24. The van der Waals surface area contributed by atoms with E-state index in [0.717, 1.165) is 22.6 Å². The van der Waals surface area contributed by atoms with Gasteiger partial charge in [-0.15, -0.1) is 0 Å². The molecule has 5 aromatic rings. The van der Waals surface area contributed by atoms with Crippen molar-refractivity contribution in [3.63, 3.8) is 0 Å². The van der Waals surface area contributed by atoms with Gasteiger partial charge in [-0.1, -0.05) is 72.8 Å². The molecule has 0 bridgehead atoms. The lowest BCUT2D eigenvalue weighted by Gasteiger charge is -2.34. The Morgan fingerprint density at radius 2 is 1.03 bits per heavy atom. The molecule has 0 amide bonds. The van der Waals surface area contributed by atoms with Crippen molar-refractivity contribution < 1.29 is 19.7 Å². The highest BCUT2D eigenvalue weighted by Gasteiger charge is 2.46. The summed E-state index contributed by atoms with van der Waals surface area (Å²) in [5.74, 6) is 1.46. The van der Waals surface area contributed by atoms with Crippen LogP contribution in [0.15, 0.2) is 109 Å². The van der Waals surface area contributed by atoms with Gasteiger partial charge < -0.3 is 19.7 Å². The van der Waals surface area contributed by atoms with Gasteiger partial charge in [0, 0.05) is 0 Å². The fourth-order valence-corrected chi connectivity index (χ4v) is 5.68. The number of hydrogen-bond acceptors (Lipinski definition) is 4. The van der Waals surface area contributed by atoms with Gasteiger partial charge in [-0.25, -0.2) is 0 Å². The van der Waals surface area contributed by atoms with Gasteiger partial charge in [0.15, 0.2) is 0 Å². The van der Waals surface area contributed by atoms with Crippen LogP contribution in [0, 0.1) is 0 Å². The van der Waals surface area contributed by atoms with Gasteiger partial charge >= 0.3 is 0 Å². The Morgan fingerprint density at radius 1 is 0.514 bits per heavy atom. The monoisotopic (exact) mass is 488 g/mol. The van der Waals surface area contributed by atoms with E-state index >= 15 is 0 Å². The van der Waals surface area contributed by atoms with Crippen molar-refractivity contribution in [2.45, 2.75) is 5.41 Å². The smallest absolute Gasteiger partial charge is 0.119 e. The molecule has 6 rings (SSSR count). The van der Waals surface area contributed by atoms with Gasteiger partial charge in [0.05, 0.1) is 18.6 Å². The molecule has 0 aromatic heterocycles. The Hall–Kier alpha value is -4.12. The number of fused-ring (bicyclic) bond motifs is 4. The van der Waals surface area contributed by atoms with Crippen LogP contribution in [0.25, 0.3) is 21.9 Å². The summed E-state index contributed by atoms with van der Waals surface area (Å²) in [4.78, 5) is 0. The molecular weight excluding hydrogens is 460 g/mol. The highest BCUT2D eigenvalue weighted by Crippen LogP contribution is 2.57. The fourth-order valence-electron chi connectivity index (χ4n) is 5.68. The van der Waals surface area contributed by atoms with Crippen LogP contribution in [0.3, 0.4) is 0 Å². The van der Waals surface area contributed by atoms with E-state index in [0.29, 0.717) is 0 Å². The molecule has 0 heterocycles. The molecule has 37 heavy (non-hydrogen) atoms. The molecule has 0 spiro atoms. The zero-order valence-corrected chi connectivity index (χ0v) is 20.4. The minimum Gasteiger partial charge on any atom is -0.491 e. The Bertz CT molecular complexity index is 1490. The zero-order chi connectivity index (χ0) is 25.2. The van der Waals surface area contributed by atoms with Crippen LogP contribution in [0.4, 0.5) is 0 Å². The van der Waals surface area contributed by atoms with Crippen LogP contribution in [-0.2, 0) is 5.41 Å². The van der Waals surface area contributed by atoms with Crippen molar-refractivity contribution in [2.24, 2.45) is 0 Å². The van der Waals surface area contributed by atoms with Crippen molar-refractivity contribution in [1.82, 2.24) is 0 Å². The lowest BCUT2D eigenvalue weighted by molar-refractivity contribution is 0.201. The molecule has 0 fully saturated rings. The second-order valence-corrected chi connectivity index (χ2v) is 9.23. The second-order valence-electron chi connectivity index (χ2n) is 9.23. The SMILES string of the molecule is OCCOc1ccc(C2(c3ccc(OCCO)cc3)c3ccccc3-c3cc4ccccc4cc32)cc1. The van der Waals surface area contributed by atoms with Gasteiger partial charge in [0.25, 0.3) is 0 Å². The fraction of sp³-hybridized carbons (Fsp3) is 0.152. The van der Waals surface area contributed by atoms with Gasteiger partial charge in [0.2, 0.25) is 0 Å². The van der Waals surface area contributed by atoms with Gasteiger partial charge in [-0.05, 0) is 80.6 Å². The third kappa shape index (κ3) is 3.86. The minimum absolute atomic E-state index is 0.0236. The van der Waals surface area contributed by atoms with Crippen LogP contribution in [0.1, 0.15) is 22.3 Å². The average molecular weight is 489 g/mol. The third-order valence-electron chi connectivity index (χ3n) is 7.21. The molecule has 0 saturated heterocycles. The lowest BCUT2D eigenvalue weighted by Crippen LogP contribution is -2.28. The molecule has 0 atom stereocenters. The molecule has 0 radical (unpaired) electrons. The topological polar surface area (TPSA) is 58.9 Å². The summed E-state index contributed by atoms with van der Waals surface area (Å²) in [6.45, 7) is 0.476. The summed E-state index contributed by atoms with van der Waals surface area (Å²) in [5.41, 5.74) is 6.65. The van der Waals surface area contributed by atoms with E-state index in [1.165, 1.54) is 33.0 Å². The Kier molecular flexibility index (Phi) is 6.13. The predicted molar refractivity (Wildman–Crippen MR) is 146 cm³/mol. The van der Waals surface area contributed by atoms with Crippen LogP contribution in [0.2, 0.25) is 0 Å². The number of ether oxygens (including phenoxy) is 2. The van der Waals surface area contributed by atoms with Gasteiger partial charge in [0.1, 0.15) is 24.7 Å². The van der Waals surface area contributed by atoms with Crippen molar-refractivity contribution in [3.05, 3.63) is 131 Å². The molecule has 0 saturated carbocycles. The van der Waals surface area contributed by atoms with Crippen LogP contribution in [-0.4, -0.2) is 36.6 Å². The molecule has 4 heteroatoms. The van der Waals surface area contributed by atoms with E-state index in [9.17, 15) is 10.2 Å². The molecule has 2 N–H and O–H groups in total. The summed E-state index contributed by atoms with van der Waals surface area (Å²) in [6.07, 6.45) is 0. The third-order valence-corrected chi connectivity index (χ3v) is 7.21. The maximum Gasteiger partial charge on any atom is 0.119 e. The maximum absolute atomic E-state index is 9.18. The predicted octanol–water partition coefficient (Wildman–Crippen LogP) is 5.95. The van der Waals surface area contributed by atoms with E-state index in [1.54, 1.807) is 0 Å². The first-order valence-corrected chi connectivity index (χ1v) is 12.6. The van der Waals surface area contributed by atoms with Gasteiger partial charge in [-0.2, -0.15) is 0 Å². The summed E-state index contributed by atoms with van der Waals surface area (Å²) >= 11 is 0. The molecule has 0 aliphatic heterocycles.